The Bertz CT molecular complexity index is 367. The van der Waals surface area contributed by atoms with Crippen LogP contribution in [0.5, 0.6) is 0 Å². The molecule has 0 radical (unpaired) electrons. The monoisotopic (exact) mass is 251 g/mol. The van der Waals surface area contributed by atoms with Gasteiger partial charge in [-0.05, 0) is 50.9 Å². The van der Waals surface area contributed by atoms with E-state index in [9.17, 15) is 5.11 Å². The van der Waals surface area contributed by atoms with E-state index in [-0.39, 0.29) is 19.3 Å². The van der Waals surface area contributed by atoms with Gasteiger partial charge in [0.1, 0.15) is 0 Å². The third-order valence-electron chi connectivity index (χ3n) is 3.54. The van der Waals surface area contributed by atoms with Crippen LogP contribution < -0.4 is 0 Å². The lowest BCUT2D eigenvalue weighted by Crippen LogP contribution is -2.35. The molecule has 1 aromatic carbocycles. The smallest absolute Gasteiger partial charge is 0.0587 e. The van der Waals surface area contributed by atoms with Crippen LogP contribution in [0.25, 0.3) is 0 Å². The fourth-order valence-electron chi connectivity index (χ4n) is 2.44. The second-order valence-electron chi connectivity index (χ2n) is 5.14. The number of nitrogens with zero attached hydrogens (tertiary/aromatic N) is 1. The molecule has 3 nitrogen and oxygen atoms in total. The highest BCUT2D eigenvalue weighted by molar-refractivity contribution is 5.37. The second kappa shape index (κ2) is 6.88. The van der Waals surface area contributed by atoms with Crippen molar-refractivity contribution in [1.82, 2.24) is 4.90 Å². The van der Waals surface area contributed by atoms with Crippen molar-refractivity contribution < 1.29 is 10.2 Å². The number of hydrogen-bond donors (Lipinski definition) is 2. The van der Waals surface area contributed by atoms with E-state index < -0.39 is 0 Å². The SMILES string of the molecule is Cc1cc(C)c(CN(C)C(CO)CCO)c(C)c1. The van der Waals surface area contributed by atoms with E-state index in [1.165, 1.54) is 22.3 Å². The minimum Gasteiger partial charge on any atom is -0.396 e. The van der Waals surface area contributed by atoms with Crippen LogP contribution in [0, 0.1) is 20.8 Å². The normalized spacial score (nSPS) is 13.1. The number of hydrogen-bond acceptors (Lipinski definition) is 3. The summed E-state index contributed by atoms with van der Waals surface area (Å²) in [5, 5.41) is 18.3. The molecule has 0 fully saturated rings. The Morgan fingerprint density at radius 3 is 2.11 bits per heavy atom. The Morgan fingerprint density at radius 2 is 1.67 bits per heavy atom. The van der Waals surface area contributed by atoms with Crippen LogP contribution in [0.3, 0.4) is 0 Å². The molecule has 0 bridgehead atoms. The molecular formula is C15H25NO2. The van der Waals surface area contributed by atoms with E-state index in [2.05, 4.69) is 37.8 Å². The van der Waals surface area contributed by atoms with Crippen molar-refractivity contribution in [2.75, 3.05) is 20.3 Å². The van der Waals surface area contributed by atoms with Gasteiger partial charge in [-0.2, -0.15) is 0 Å². The van der Waals surface area contributed by atoms with Gasteiger partial charge in [0.25, 0.3) is 0 Å². The number of likely N-dealkylation sites (N-methyl/N-ethyl adjacent to an activating group) is 1. The second-order valence-corrected chi connectivity index (χ2v) is 5.14. The van der Waals surface area contributed by atoms with E-state index in [0.717, 1.165) is 6.54 Å². The Morgan fingerprint density at radius 1 is 1.11 bits per heavy atom. The molecule has 18 heavy (non-hydrogen) atoms. The molecular weight excluding hydrogens is 226 g/mol. The van der Waals surface area contributed by atoms with Gasteiger partial charge in [-0.25, -0.2) is 0 Å². The quantitative estimate of drug-likeness (QED) is 0.810. The van der Waals surface area contributed by atoms with Crippen LogP contribution in [0.15, 0.2) is 12.1 Å². The third kappa shape index (κ3) is 3.80. The Kier molecular flexibility index (Phi) is 5.79. The summed E-state index contributed by atoms with van der Waals surface area (Å²) in [5.41, 5.74) is 5.19. The zero-order valence-electron chi connectivity index (χ0n) is 11.9. The van der Waals surface area contributed by atoms with Gasteiger partial charge in [0.15, 0.2) is 0 Å². The van der Waals surface area contributed by atoms with E-state index in [1.54, 1.807) is 0 Å². The molecule has 1 atom stereocenters. The molecule has 1 aromatic rings. The molecule has 1 rings (SSSR count). The third-order valence-corrected chi connectivity index (χ3v) is 3.54. The van der Waals surface area contributed by atoms with Gasteiger partial charge >= 0.3 is 0 Å². The first-order valence-corrected chi connectivity index (χ1v) is 6.48. The van der Waals surface area contributed by atoms with Gasteiger partial charge in [-0.3, -0.25) is 4.90 Å². The van der Waals surface area contributed by atoms with Gasteiger partial charge in [-0.1, -0.05) is 17.7 Å². The van der Waals surface area contributed by atoms with Crippen molar-refractivity contribution in [2.24, 2.45) is 0 Å². The van der Waals surface area contributed by atoms with E-state index >= 15 is 0 Å². The molecule has 0 aliphatic carbocycles. The molecule has 0 spiro atoms. The predicted octanol–water partition coefficient (Wildman–Crippen LogP) is 1.79. The zero-order valence-corrected chi connectivity index (χ0v) is 11.9. The Labute approximate surface area is 110 Å². The summed E-state index contributed by atoms with van der Waals surface area (Å²) in [6, 6.07) is 4.40. The highest BCUT2D eigenvalue weighted by atomic mass is 16.3. The van der Waals surface area contributed by atoms with Crippen molar-refractivity contribution >= 4 is 0 Å². The molecule has 0 saturated heterocycles. The number of rotatable bonds is 6. The van der Waals surface area contributed by atoms with E-state index in [0.29, 0.717) is 6.42 Å². The van der Waals surface area contributed by atoms with Crippen LogP contribution in [-0.2, 0) is 6.54 Å². The molecule has 0 saturated carbocycles. The lowest BCUT2D eigenvalue weighted by Gasteiger charge is -2.27. The lowest BCUT2D eigenvalue weighted by molar-refractivity contribution is 0.114. The van der Waals surface area contributed by atoms with E-state index in [1.807, 2.05) is 7.05 Å². The number of aliphatic hydroxyl groups is 2. The fraction of sp³-hybridized carbons (Fsp3) is 0.600. The standard InChI is InChI=1S/C15H25NO2/c1-11-7-12(2)15(13(3)8-11)9-16(4)14(10-18)5-6-17/h7-8,14,17-18H,5-6,9-10H2,1-4H3. The predicted molar refractivity (Wildman–Crippen MR) is 74.7 cm³/mol. The highest BCUT2D eigenvalue weighted by Gasteiger charge is 2.15. The van der Waals surface area contributed by atoms with Crippen molar-refractivity contribution in [2.45, 2.75) is 39.8 Å². The van der Waals surface area contributed by atoms with Crippen LogP contribution in [0.4, 0.5) is 0 Å². The summed E-state index contributed by atoms with van der Waals surface area (Å²) < 4.78 is 0. The van der Waals surface area contributed by atoms with Gasteiger partial charge in [0.2, 0.25) is 0 Å². The number of benzene rings is 1. The molecule has 3 heteroatoms. The first-order valence-electron chi connectivity index (χ1n) is 6.48. The van der Waals surface area contributed by atoms with Gasteiger partial charge in [0.05, 0.1) is 6.61 Å². The molecule has 0 aliphatic rings. The fourth-order valence-corrected chi connectivity index (χ4v) is 2.44. The summed E-state index contributed by atoms with van der Waals surface area (Å²) in [7, 11) is 2.00. The first-order chi connectivity index (χ1) is 8.49. The Balaban J connectivity index is 2.84. The van der Waals surface area contributed by atoms with E-state index in [4.69, 9.17) is 5.11 Å². The summed E-state index contributed by atoms with van der Waals surface area (Å²) >= 11 is 0. The summed E-state index contributed by atoms with van der Waals surface area (Å²) in [4.78, 5) is 2.11. The maximum Gasteiger partial charge on any atom is 0.0587 e. The highest BCUT2D eigenvalue weighted by Crippen LogP contribution is 2.19. The average molecular weight is 251 g/mol. The van der Waals surface area contributed by atoms with Gasteiger partial charge in [-0.15, -0.1) is 0 Å². The maximum absolute atomic E-state index is 9.34. The minimum absolute atomic E-state index is 0.0232. The molecule has 0 aliphatic heterocycles. The molecule has 0 heterocycles. The van der Waals surface area contributed by atoms with Gasteiger partial charge in [0, 0.05) is 19.2 Å². The summed E-state index contributed by atoms with van der Waals surface area (Å²) in [6.07, 6.45) is 0.608. The first kappa shape index (κ1) is 15.2. The lowest BCUT2D eigenvalue weighted by atomic mass is 9.99. The summed E-state index contributed by atoms with van der Waals surface area (Å²) in [6.45, 7) is 7.37. The largest absolute Gasteiger partial charge is 0.396 e. The van der Waals surface area contributed by atoms with Crippen molar-refractivity contribution in [3.8, 4) is 0 Å². The Hall–Kier alpha value is -0.900. The minimum atomic E-state index is 0.0232. The van der Waals surface area contributed by atoms with Crippen LogP contribution in [0.1, 0.15) is 28.7 Å². The molecule has 2 N–H and O–H groups in total. The van der Waals surface area contributed by atoms with Crippen molar-refractivity contribution in [3.63, 3.8) is 0 Å². The number of aliphatic hydroxyl groups excluding tert-OH is 2. The topological polar surface area (TPSA) is 43.7 Å². The van der Waals surface area contributed by atoms with Gasteiger partial charge < -0.3 is 10.2 Å². The number of aryl methyl sites for hydroxylation is 3. The zero-order chi connectivity index (χ0) is 13.7. The van der Waals surface area contributed by atoms with Crippen LogP contribution >= 0.6 is 0 Å². The average Bonchev–Trinajstić information content (AvgIpc) is 2.30. The van der Waals surface area contributed by atoms with Crippen molar-refractivity contribution in [3.05, 3.63) is 34.4 Å². The maximum atomic E-state index is 9.34. The molecule has 1 unspecified atom stereocenters. The van der Waals surface area contributed by atoms with Crippen LogP contribution in [0.2, 0.25) is 0 Å². The molecule has 0 aromatic heterocycles. The molecule has 0 amide bonds. The van der Waals surface area contributed by atoms with Crippen LogP contribution in [-0.4, -0.2) is 41.4 Å². The van der Waals surface area contributed by atoms with Crippen molar-refractivity contribution in [1.29, 1.82) is 0 Å². The summed E-state index contributed by atoms with van der Waals surface area (Å²) in [5.74, 6) is 0. The molecule has 102 valence electrons.